The van der Waals surface area contributed by atoms with Crippen molar-refractivity contribution in [2.75, 3.05) is 31.6 Å². The highest BCUT2D eigenvalue weighted by molar-refractivity contribution is 7.21. The van der Waals surface area contributed by atoms with Gasteiger partial charge in [-0.05, 0) is 32.4 Å². The maximum atomic E-state index is 12.5. The third-order valence-electron chi connectivity index (χ3n) is 4.39. The molecule has 136 valence electrons. The summed E-state index contributed by atoms with van der Waals surface area (Å²) in [6.45, 7) is 7.64. The molecule has 0 bridgehead atoms. The topological polar surface area (TPSA) is 49.3 Å². The number of hydrogen-bond acceptors (Lipinski definition) is 5. The second-order valence-corrected chi connectivity index (χ2v) is 7.24. The molecule has 3 aromatic rings. The van der Waals surface area contributed by atoms with E-state index in [2.05, 4.69) is 28.2 Å². The first-order valence-electron chi connectivity index (χ1n) is 8.86. The van der Waals surface area contributed by atoms with Crippen LogP contribution in [0.5, 0.6) is 0 Å². The summed E-state index contributed by atoms with van der Waals surface area (Å²) < 4.78 is 0. The molecule has 0 spiro atoms. The molecule has 0 atom stereocenters. The van der Waals surface area contributed by atoms with Gasteiger partial charge < -0.3 is 9.80 Å². The van der Waals surface area contributed by atoms with Crippen molar-refractivity contribution in [1.82, 2.24) is 14.9 Å². The van der Waals surface area contributed by atoms with Crippen LogP contribution in [0.4, 0.5) is 5.82 Å². The Kier molecular flexibility index (Phi) is 5.52. The zero-order chi connectivity index (χ0) is 18.7. The minimum absolute atomic E-state index is 0.112. The van der Waals surface area contributed by atoms with Gasteiger partial charge in [0.2, 0.25) is 5.91 Å². The molecule has 6 heteroatoms. The predicted octanol–water partition coefficient (Wildman–Crippen LogP) is 3.97. The molecular formula is C20H24N4OS. The first-order valence-corrected chi connectivity index (χ1v) is 9.67. The molecule has 5 nitrogen and oxygen atoms in total. The van der Waals surface area contributed by atoms with Gasteiger partial charge in [0.25, 0.3) is 0 Å². The van der Waals surface area contributed by atoms with Crippen molar-refractivity contribution in [3.63, 3.8) is 0 Å². The number of rotatable bonds is 6. The van der Waals surface area contributed by atoms with Gasteiger partial charge in [-0.25, -0.2) is 9.97 Å². The normalized spacial score (nSPS) is 10.9. The average Bonchev–Trinajstić information content (AvgIpc) is 3.06. The molecule has 2 aromatic heterocycles. The van der Waals surface area contributed by atoms with E-state index >= 15 is 0 Å². The number of benzene rings is 1. The fraction of sp³-hybridized carbons (Fsp3) is 0.350. The van der Waals surface area contributed by atoms with E-state index in [1.807, 2.05) is 55.8 Å². The first kappa shape index (κ1) is 18.3. The Bertz CT molecular complexity index is 903. The lowest BCUT2D eigenvalue weighted by atomic mass is 10.2. The minimum Gasteiger partial charge on any atom is -0.350 e. The lowest BCUT2D eigenvalue weighted by Crippen LogP contribution is -2.39. The average molecular weight is 369 g/mol. The van der Waals surface area contributed by atoms with Crippen LogP contribution in [0.1, 0.15) is 19.7 Å². The summed E-state index contributed by atoms with van der Waals surface area (Å²) in [5.74, 6) is 1.64. The van der Waals surface area contributed by atoms with Gasteiger partial charge in [0, 0.05) is 25.0 Å². The number of nitrogens with zero attached hydrogens (tertiary/aromatic N) is 4. The van der Waals surface area contributed by atoms with Crippen molar-refractivity contribution in [2.24, 2.45) is 0 Å². The van der Waals surface area contributed by atoms with Crippen LogP contribution >= 0.6 is 11.3 Å². The van der Waals surface area contributed by atoms with Crippen molar-refractivity contribution >= 4 is 33.3 Å². The smallest absolute Gasteiger partial charge is 0.242 e. The van der Waals surface area contributed by atoms with Gasteiger partial charge in [-0.2, -0.15) is 0 Å². The van der Waals surface area contributed by atoms with E-state index in [0.29, 0.717) is 6.54 Å². The molecule has 0 fully saturated rings. The number of aromatic nitrogens is 2. The summed E-state index contributed by atoms with van der Waals surface area (Å²) >= 11 is 1.66. The highest BCUT2D eigenvalue weighted by atomic mass is 32.1. The van der Waals surface area contributed by atoms with Gasteiger partial charge in [-0.3, -0.25) is 4.79 Å². The zero-order valence-electron chi connectivity index (χ0n) is 15.7. The Morgan fingerprint density at radius 3 is 2.46 bits per heavy atom. The second-order valence-electron chi connectivity index (χ2n) is 6.21. The van der Waals surface area contributed by atoms with Crippen molar-refractivity contribution in [1.29, 1.82) is 0 Å². The van der Waals surface area contributed by atoms with Crippen molar-refractivity contribution in [3.8, 4) is 10.4 Å². The van der Waals surface area contributed by atoms with Gasteiger partial charge in [0.15, 0.2) is 0 Å². The summed E-state index contributed by atoms with van der Waals surface area (Å²) in [5, 5.41) is 0.995. The molecule has 1 aromatic carbocycles. The van der Waals surface area contributed by atoms with Crippen LogP contribution in [0.2, 0.25) is 0 Å². The summed E-state index contributed by atoms with van der Waals surface area (Å²) in [4.78, 5) is 27.6. The second kappa shape index (κ2) is 7.83. The van der Waals surface area contributed by atoms with Crippen LogP contribution in [0.15, 0.2) is 36.4 Å². The van der Waals surface area contributed by atoms with Gasteiger partial charge in [0.05, 0.1) is 11.9 Å². The van der Waals surface area contributed by atoms with Crippen LogP contribution in [-0.4, -0.2) is 47.5 Å². The molecule has 0 aliphatic heterocycles. The van der Waals surface area contributed by atoms with Gasteiger partial charge in [-0.15, -0.1) is 11.3 Å². The number of aryl methyl sites for hydroxylation is 1. The molecule has 1 amide bonds. The molecule has 3 rings (SSSR count). The Labute approximate surface area is 158 Å². The van der Waals surface area contributed by atoms with E-state index < -0.39 is 0 Å². The highest BCUT2D eigenvalue weighted by Crippen LogP contribution is 2.36. The molecule has 0 N–H and O–H groups in total. The fourth-order valence-corrected chi connectivity index (χ4v) is 4.08. The van der Waals surface area contributed by atoms with Crippen LogP contribution in [0.25, 0.3) is 20.7 Å². The number of hydrogen-bond donors (Lipinski definition) is 0. The third kappa shape index (κ3) is 3.70. The van der Waals surface area contributed by atoms with Crippen molar-refractivity contribution in [2.45, 2.75) is 20.8 Å². The lowest BCUT2D eigenvalue weighted by Gasteiger charge is -2.24. The molecule has 0 saturated heterocycles. The number of likely N-dealkylation sites (N-methyl/N-ethyl adjacent to an activating group) is 2. The van der Waals surface area contributed by atoms with E-state index in [1.165, 1.54) is 5.56 Å². The number of amides is 1. The molecule has 0 aliphatic carbocycles. The van der Waals surface area contributed by atoms with Crippen LogP contribution in [-0.2, 0) is 4.79 Å². The van der Waals surface area contributed by atoms with Crippen LogP contribution in [0.3, 0.4) is 0 Å². The lowest BCUT2D eigenvalue weighted by molar-refractivity contribution is -0.129. The number of anilines is 1. The Hall–Kier alpha value is -2.47. The summed E-state index contributed by atoms with van der Waals surface area (Å²) in [6, 6.07) is 12.4. The minimum atomic E-state index is 0.112. The van der Waals surface area contributed by atoms with Gasteiger partial charge in [-0.1, -0.05) is 30.3 Å². The Morgan fingerprint density at radius 2 is 1.81 bits per heavy atom. The summed E-state index contributed by atoms with van der Waals surface area (Å²) in [5.41, 5.74) is 1.17. The maximum Gasteiger partial charge on any atom is 0.242 e. The zero-order valence-corrected chi connectivity index (χ0v) is 16.5. The summed E-state index contributed by atoms with van der Waals surface area (Å²) in [6.07, 6.45) is 0. The fourth-order valence-electron chi connectivity index (χ4n) is 3.00. The standard InChI is InChI=1S/C20H24N4OS/c1-5-24(6-2)18(25)13-23(4)19-16-12-17(15-10-8-7-9-11-15)26-20(16)22-14(3)21-19/h7-12H,5-6,13H2,1-4H3. The Balaban J connectivity index is 1.97. The molecule has 0 saturated carbocycles. The van der Waals surface area contributed by atoms with E-state index in [9.17, 15) is 4.79 Å². The van der Waals surface area contributed by atoms with E-state index in [1.54, 1.807) is 11.3 Å². The quantitative estimate of drug-likeness (QED) is 0.660. The molecule has 0 aliphatic rings. The van der Waals surface area contributed by atoms with E-state index in [0.717, 1.165) is 39.8 Å². The first-order chi connectivity index (χ1) is 12.5. The number of fused-ring (bicyclic) bond motifs is 1. The van der Waals surface area contributed by atoms with Crippen molar-refractivity contribution in [3.05, 3.63) is 42.2 Å². The molecular weight excluding hydrogens is 344 g/mol. The number of carbonyl (C=O) groups excluding carboxylic acids is 1. The monoisotopic (exact) mass is 368 g/mol. The number of thiophene rings is 1. The third-order valence-corrected chi connectivity index (χ3v) is 5.47. The van der Waals surface area contributed by atoms with E-state index in [-0.39, 0.29) is 5.91 Å². The molecule has 2 heterocycles. The van der Waals surface area contributed by atoms with Gasteiger partial charge in [0.1, 0.15) is 16.5 Å². The molecule has 26 heavy (non-hydrogen) atoms. The van der Waals surface area contributed by atoms with Crippen LogP contribution in [0, 0.1) is 6.92 Å². The molecule has 0 unspecified atom stereocenters. The number of carbonyl (C=O) groups is 1. The Morgan fingerprint density at radius 1 is 1.12 bits per heavy atom. The van der Waals surface area contributed by atoms with Gasteiger partial charge >= 0.3 is 0 Å². The maximum absolute atomic E-state index is 12.5. The predicted molar refractivity (Wildman–Crippen MR) is 109 cm³/mol. The highest BCUT2D eigenvalue weighted by Gasteiger charge is 2.18. The largest absolute Gasteiger partial charge is 0.350 e. The SMILES string of the molecule is CCN(CC)C(=O)CN(C)c1nc(C)nc2sc(-c3ccccc3)cc12. The van der Waals surface area contributed by atoms with Crippen molar-refractivity contribution < 1.29 is 4.79 Å². The summed E-state index contributed by atoms with van der Waals surface area (Å²) in [7, 11) is 1.92. The van der Waals surface area contributed by atoms with E-state index in [4.69, 9.17) is 0 Å². The van der Waals surface area contributed by atoms with Crippen LogP contribution < -0.4 is 4.90 Å². The molecule has 0 radical (unpaired) electrons.